The molecule has 0 radical (unpaired) electrons. The van der Waals surface area contributed by atoms with E-state index in [1.54, 1.807) is 11.3 Å². The van der Waals surface area contributed by atoms with Crippen molar-refractivity contribution >= 4 is 43.4 Å². The van der Waals surface area contributed by atoms with Gasteiger partial charge in [-0.3, -0.25) is 4.57 Å². The first-order valence-corrected chi connectivity index (χ1v) is 10.5. The van der Waals surface area contributed by atoms with E-state index in [4.69, 9.17) is 14.5 Å². The maximum atomic E-state index is 6.07. The zero-order chi connectivity index (χ0) is 19.7. The Morgan fingerprint density at radius 3 is 1.87 bits per heavy atom. The van der Waals surface area contributed by atoms with E-state index in [1.807, 2.05) is 36.4 Å². The Morgan fingerprint density at radius 2 is 1.20 bits per heavy atom. The van der Waals surface area contributed by atoms with E-state index in [1.165, 1.54) is 10.8 Å². The molecule has 0 saturated carbocycles. The maximum absolute atomic E-state index is 6.07. The van der Waals surface area contributed by atoms with Gasteiger partial charge in [-0.15, -0.1) is 0 Å². The van der Waals surface area contributed by atoms with Gasteiger partial charge < -0.3 is 9.47 Å². The highest BCUT2D eigenvalue weighted by molar-refractivity contribution is 7.20. The highest BCUT2D eigenvalue weighted by Gasteiger charge is 2.21. The smallest absolute Gasteiger partial charge is 0.195 e. The molecule has 0 N–H and O–H groups in total. The third-order valence-electron chi connectivity index (χ3n) is 5.50. The van der Waals surface area contributed by atoms with Gasteiger partial charge in [0.15, 0.2) is 28.1 Å². The topological polar surface area (TPSA) is 36.3 Å². The molecule has 1 aliphatic heterocycles. The monoisotopic (exact) mass is 406 g/mol. The molecule has 0 aliphatic carbocycles. The number of nitrogens with zero attached hydrogens (tertiary/aromatic N) is 2. The second kappa shape index (κ2) is 5.84. The largest absolute Gasteiger partial charge is 0.449 e. The van der Waals surface area contributed by atoms with Crippen molar-refractivity contribution in [1.29, 1.82) is 0 Å². The predicted octanol–water partition coefficient (Wildman–Crippen LogP) is 7.29. The molecule has 0 spiro atoms. The molecule has 0 amide bonds. The fourth-order valence-electron chi connectivity index (χ4n) is 4.16. The predicted molar refractivity (Wildman–Crippen MR) is 121 cm³/mol. The van der Waals surface area contributed by atoms with Crippen molar-refractivity contribution in [3.8, 4) is 28.1 Å². The minimum Gasteiger partial charge on any atom is -0.449 e. The summed E-state index contributed by atoms with van der Waals surface area (Å²) in [5, 5.41) is 3.39. The average molecular weight is 406 g/mol. The molecule has 1 aliphatic rings. The number of ether oxygens (including phenoxy) is 2. The highest BCUT2D eigenvalue weighted by Crippen LogP contribution is 2.47. The van der Waals surface area contributed by atoms with Crippen LogP contribution in [0.4, 0.5) is 0 Å². The van der Waals surface area contributed by atoms with Crippen LogP contribution in [0.5, 0.6) is 23.0 Å². The summed E-state index contributed by atoms with van der Waals surface area (Å²) in [6, 6.07) is 28.6. The molecular formula is C25H14N2O2S. The molecule has 6 aromatic rings. The number of para-hydroxylation sites is 4. The van der Waals surface area contributed by atoms with Crippen molar-refractivity contribution in [2.24, 2.45) is 0 Å². The second-order valence-electron chi connectivity index (χ2n) is 7.28. The van der Waals surface area contributed by atoms with Crippen molar-refractivity contribution in [3.05, 3.63) is 84.9 Å². The Morgan fingerprint density at radius 1 is 0.633 bits per heavy atom. The minimum absolute atomic E-state index is 0.695. The summed E-state index contributed by atoms with van der Waals surface area (Å²) >= 11 is 1.66. The molecule has 0 unspecified atom stereocenters. The van der Waals surface area contributed by atoms with E-state index >= 15 is 0 Å². The molecule has 0 saturated heterocycles. The van der Waals surface area contributed by atoms with E-state index in [0.29, 0.717) is 5.75 Å². The quantitative estimate of drug-likeness (QED) is 0.287. The minimum atomic E-state index is 0.695. The number of thiazole rings is 1. The molecule has 7 rings (SSSR count). The van der Waals surface area contributed by atoms with Gasteiger partial charge >= 0.3 is 0 Å². The summed E-state index contributed by atoms with van der Waals surface area (Å²) in [4.78, 5) is 4.97. The van der Waals surface area contributed by atoms with Crippen LogP contribution in [0, 0.1) is 0 Å². The van der Waals surface area contributed by atoms with Crippen molar-refractivity contribution < 1.29 is 9.47 Å². The van der Waals surface area contributed by atoms with E-state index in [0.717, 1.165) is 43.6 Å². The third-order valence-corrected chi connectivity index (χ3v) is 6.51. The SMILES string of the molecule is c1ccc2c(c1)Oc1cc3nc(-n4c5ccccc5c5ccccc54)sc3cc1O2. The molecule has 4 aromatic carbocycles. The van der Waals surface area contributed by atoms with E-state index in [2.05, 4.69) is 53.1 Å². The lowest BCUT2D eigenvalue weighted by molar-refractivity contribution is 0.360. The summed E-state index contributed by atoms with van der Waals surface area (Å²) in [5.41, 5.74) is 3.21. The zero-order valence-corrected chi connectivity index (χ0v) is 16.5. The van der Waals surface area contributed by atoms with Crippen molar-refractivity contribution in [1.82, 2.24) is 9.55 Å². The summed E-state index contributed by atoms with van der Waals surface area (Å²) in [6.45, 7) is 0. The number of aromatic nitrogens is 2. The second-order valence-corrected chi connectivity index (χ2v) is 8.29. The summed E-state index contributed by atoms with van der Waals surface area (Å²) in [5.74, 6) is 2.87. The van der Waals surface area contributed by atoms with Gasteiger partial charge in [0.25, 0.3) is 0 Å². The van der Waals surface area contributed by atoms with E-state index in [-0.39, 0.29) is 0 Å². The molecule has 142 valence electrons. The standard InChI is InChI=1S/C25H14N2O2S/c1-3-9-18-15(7-1)16-8-2-4-10-19(16)27(18)25-26-17-13-22-23(14-24(17)30-25)29-21-12-6-5-11-20(21)28-22/h1-14H. The lowest BCUT2D eigenvalue weighted by atomic mass is 10.2. The average Bonchev–Trinajstić information content (AvgIpc) is 3.34. The molecule has 0 bridgehead atoms. The molecule has 30 heavy (non-hydrogen) atoms. The summed E-state index contributed by atoms with van der Waals surface area (Å²) < 4.78 is 15.4. The van der Waals surface area contributed by atoms with Crippen molar-refractivity contribution in [2.75, 3.05) is 0 Å². The normalized spacial score (nSPS) is 12.5. The molecule has 5 heteroatoms. The number of rotatable bonds is 1. The van der Waals surface area contributed by atoms with Crippen LogP contribution in [-0.4, -0.2) is 9.55 Å². The fourth-order valence-corrected chi connectivity index (χ4v) is 5.17. The highest BCUT2D eigenvalue weighted by atomic mass is 32.1. The van der Waals surface area contributed by atoms with Gasteiger partial charge in [-0.2, -0.15) is 0 Å². The van der Waals surface area contributed by atoms with Crippen LogP contribution in [0.3, 0.4) is 0 Å². The number of fused-ring (bicyclic) bond motifs is 6. The first-order chi connectivity index (χ1) is 14.8. The Hall–Kier alpha value is -3.83. The molecule has 4 nitrogen and oxygen atoms in total. The van der Waals surface area contributed by atoms with Gasteiger partial charge in [-0.25, -0.2) is 4.98 Å². The van der Waals surface area contributed by atoms with Gasteiger partial charge in [0.2, 0.25) is 0 Å². The first-order valence-electron chi connectivity index (χ1n) is 9.73. The Labute approximate surface area is 175 Å². The van der Waals surface area contributed by atoms with Gasteiger partial charge in [0.05, 0.1) is 21.3 Å². The van der Waals surface area contributed by atoms with E-state index < -0.39 is 0 Å². The first kappa shape index (κ1) is 16.0. The van der Waals surface area contributed by atoms with Crippen molar-refractivity contribution in [3.63, 3.8) is 0 Å². The van der Waals surface area contributed by atoms with E-state index in [9.17, 15) is 0 Å². The number of benzene rings is 4. The van der Waals surface area contributed by atoms with Crippen LogP contribution in [0.2, 0.25) is 0 Å². The van der Waals surface area contributed by atoms with Crippen LogP contribution >= 0.6 is 11.3 Å². The fraction of sp³-hybridized carbons (Fsp3) is 0. The van der Waals surface area contributed by atoms with Crippen LogP contribution in [0.1, 0.15) is 0 Å². The Kier molecular flexibility index (Phi) is 3.12. The van der Waals surface area contributed by atoms with Gasteiger partial charge in [-0.05, 0) is 24.3 Å². The molecule has 2 aromatic heterocycles. The van der Waals surface area contributed by atoms with Gasteiger partial charge in [0, 0.05) is 22.9 Å². The Bertz CT molecular complexity index is 1500. The van der Waals surface area contributed by atoms with Crippen LogP contribution in [-0.2, 0) is 0 Å². The Balaban J connectivity index is 1.46. The molecule has 0 atom stereocenters. The van der Waals surface area contributed by atoms with Crippen LogP contribution in [0.25, 0.3) is 37.2 Å². The summed E-state index contributed by atoms with van der Waals surface area (Å²) in [7, 11) is 0. The lowest BCUT2D eigenvalue weighted by Crippen LogP contribution is -1.98. The number of hydrogen-bond donors (Lipinski definition) is 0. The summed E-state index contributed by atoms with van der Waals surface area (Å²) in [6.07, 6.45) is 0. The molecule has 3 heterocycles. The van der Waals surface area contributed by atoms with Crippen LogP contribution in [0.15, 0.2) is 84.9 Å². The van der Waals surface area contributed by atoms with Gasteiger partial charge in [0.1, 0.15) is 0 Å². The number of hydrogen-bond acceptors (Lipinski definition) is 4. The maximum Gasteiger partial charge on any atom is 0.195 e. The molecular weight excluding hydrogens is 392 g/mol. The van der Waals surface area contributed by atoms with Crippen molar-refractivity contribution in [2.45, 2.75) is 0 Å². The lowest BCUT2D eigenvalue weighted by Gasteiger charge is -2.19. The van der Waals surface area contributed by atoms with Gasteiger partial charge in [-0.1, -0.05) is 59.9 Å². The third kappa shape index (κ3) is 2.18. The molecule has 0 fully saturated rings. The zero-order valence-electron chi connectivity index (χ0n) is 15.7. The van der Waals surface area contributed by atoms with Crippen LogP contribution < -0.4 is 9.47 Å².